The maximum atomic E-state index is 12.9. The number of aryl methyl sites for hydroxylation is 1. The standard InChI is InChI=1S/C17H23N3O4S3/c1-3-17-18-14(13-25-17)12-19-7-9-20(10-8-19)27(23,24)16-6-4-5-15(11-16)26(2,21)22/h4-6,11,13H,3,7-10,12H2,1-2H3. The minimum Gasteiger partial charge on any atom is -0.295 e. The van der Waals surface area contributed by atoms with Crippen molar-refractivity contribution in [1.29, 1.82) is 0 Å². The zero-order chi connectivity index (χ0) is 19.7. The molecule has 27 heavy (non-hydrogen) atoms. The van der Waals surface area contributed by atoms with E-state index in [1.54, 1.807) is 11.3 Å². The largest absolute Gasteiger partial charge is 0.295 e. The van der Waals surface area contributed by atoms with Crippen molar-refractivity contribution in [3.63, 3.8) is 0 Å². The third-order valence-electron chi connectivity index (χ3n) is 4.49. The van der Waals surface area contributed by atoms with Crippen molar-refractivity contribution in [2.75, 3.05) is 32.4 Å². The lowest BCUT2D eigenvalue weighted by Gasteiger charge is -2.33. The molecule has 2 heterocycles. The molecule has 2 aromatic rings. The van der Waals surface area contributed by atoms with Gasteiger partial charge in [0.05, 0.1) is 20.5 Å². The molecule has 0 saturated carbocycles. The molecule has 1 aliphatic rings. The van der Waals surface area contributed by atoms with Gasteiger partial charge in [0.1, 0.15) is 0 Å². The molecule has 1 aromatic carbocycles. The van der Waals surface area contributed by atoms with Crippen LogP contribution in [0.1, 0.15) is 17.6 Å². The van der Waals surface area contributed by atoms with Crippen molar-refractivity contribution in [2.45, 2.75) is 29.7 Å². The van der Waals surface area contributed by atoms with Crippen molar-refractivity contribution in [3.8, 4) is 0 Å². The molecule has 148 valence electrons. The van der Waals surface area contributed by atoms with Gasteiger partial charge < -0.3 is 0 Å². The highest BCUT2D eigenvalue weighted by atomic mass is 32.2. The molecule has 0 aliphatic carbocycles. The highest BCUT2D eigenvalue weighted by molar-refractivity contribution is 7.91. The van der Waals surface area contributed by atoms with Crippen LogP contribution in [-0.2, 0) is 32.8 Å². The van der Waals surface area contributed by atoms with Gasteiger partial charge in [-0.05, 0) is 24.6 Å². The number of sulfone groups is 1. The summed E-state index contributed by atoms with van der Waals surface area (Å²) >= 11 is 1.65. The van der Waals surface area contributed by atoms with Gasteiger partial charge in [-0.15, -0.1) is 11.3 Å². The van der Waals surface area contributed by atoms with E-state index in [-0.39, 0.29) is 9.79 Å². The molecule has 1 aromatic heterocycles. The number of aromatic nitrogens is 1. The Kier molecular flexibility index (Phi) is 6.02. The molecule has 0 spiro atoms. The molecular formula is C17H23N3O4S3. The number of benzene rings is 1. The van der Waals surface area contributed by atoms with E-state index in [1.807, 2.05) is 0 Å². The molecule has 0 unspecified atom stereocenters. The molecule has 1 aliphatic heterocycles. The van der Waals surface area contributed by atoms with Gasteiger partial charge in [-0.3, -0.25) is 4.90 Å². The first-order valence-electron chi connectivity index (χ1n) is 8.66. The smallest absolute Gasteiger partial charge is 0.243 e. The summed E-state index contributed by atoms with van der Waals surface area (Å²) in [5.74, 6) is 0. The van der Waals surface area contributed by atoms with E-state index >= 15 is 0 Å². The molecule has 0 atom stereocenters. The minimum atomic E-state index is -3.71. The molecule has 1 fully saturated rings. The van der Waals surface area contributed by atoms with Gasteiger partial charge in [0.2, 0.25) is 10.0 Å². The predicted octanol–water partition coefficient (Wildman–Crippen LogP) is 1.62. The van der Waals surface area contributed by atoms with E-state index < -0.39 is 19.9 Å². The van der Waals surface area contributed by atoms with E-state index in [4.69, 9.17) is 0 Å². The quantitative estimate of drug-likeness (QED) is 0.693. The first kappa shape index (κ1) is 20.4. The number of thiazole rings is 1. The van der Waals surface area contributed by atoms with E-state index in [0.29, 0.717) is 32.7 Å². The number of nitrogens with zero attached hydrogens (tertiary/aromatic N) is 3. The Balaban J connectivity index is 1.68. The summed E-state index contributed by atoms with van der Waals surface area (Å²) in [6.07, 6.45) is 1.99. The fraction of sp³-hybridized carbons (Fsp3) is 0.471. The number of hydrogen-bond donors (Lipinski definition) is 0. The van der Waals surface area contributed by atoms with Crippen LogP contribution in [0.4, 0.5) is 0 Å². The molecule has 0 N–H and O–H groups in total. The Labute approximate surface area is 164 Å². The lowest BCUT2D eigenvalue weighted by Crippen LogP contribution is -2.48. The summed E-state index contributed by atoms with van der Waals surface area (Å²) in [5.41, 5.74) is 1.02. The van der Waals surface area contributed by atoms with E-state index in [9.17, 15) is 16.8 Å². The molecule has 1 saturated heterocycles. The van der Waals surface area contributed by atoms with Crippen molar-refractivity contribution < 1.29 is 16.8 Å². The van der Waals surface area contributed by atoms with Crippen LogP contribution >= 0.6 is 11.3 Å². The van der Waals surface area contributed by atoms with Crippen molar-refractivity contribution >= 4 is 31.2 Å². The maximum absolute atomic E-state index is 12.9. The van der Waals surface area contributed by atoms with Crippen LogP contribution in [0, 0.1) is 0 Å². The summed E-state index contributed by atoms with van der Waals surface area (Å²) < 4.78 is 50.6. The van der Waals surface area contributed by atoms with Gasteiger partial charge in [-0.25, -0.2) is 21.8 Å². The normalized spacial score (nSPS) is 17.3. The summed E-state index contributed by atoms with van der Waals surface area (Å²) in [5, 5.41) is 3.16. The molecule has 0 amide bonds. The molecular weight excluding hydrogens is 406 g/mol. The van der Waals surface area contributed by atoms with Crippen LogP contribution in [0.15, 0.2) is 39.4 Å². The maximum Gasteiger partial charge on any atom is 0.243 e. The SMILES string of the molecule is CCc1nc(CN2CCN(S(=O)(=O)c3cccc(S(C)(=O)=O)c3)CC2)cs1. The molecule has 7 nitrogen and oxygen atoms in total. The van der Waals surface area contributed by atoms with Crippen LogP contribution < -0.4 is 0 Å². The van der Waals surface area contributed by atoms with E-state index in [2.05, 4.69) is 22.2 Å². The Morgan fingerprint density at radius 3 is 2.33 bits per heavy atom. The van der Waals surface area contributed by atoms with Gasteiger partial charge >= 0.3 is 0 Å². The lowest BCUT2D eigenvalue weighted by atomic mass is 10.3. The highest BCUT2D eigenvalue weighted by Gasteiger charge is 2.29. The molecule has 0 bridgehead atoms. The summed E-state index contributed by atoms with van der Waals surface area (Å²) in [6, 6.07) is 5.55. The van der Waals surface area contributed by atoms with Crippen molar-refractivity contribution in [1.82, 2.24) is 14.2 Å². The fourth-order valence-electron chi connectivity index (χ4n) is 2.96. The zero-order valence-electron chi connectivity index (χ0n) is 15.3. The lowest BCUT2D eigenvalue weighted by molar-refractivity contribution is 0.180. The van der Waals surface area contributed by atoms with Gasteiger partial charge in [0.25, 0.3) is 0 Å². The van der Waals surface area contributed by atoms with Crippen LogP contribution in [0.25, 0.3) is 0 Å². The van der Waals surface area contributed by atoms with E-state index in [0.717, 1.165) is 23.4 Å². The average Bonchev–Trinajstić information content (AvgIpc) is 3.09. The number of sulfonamides is 1. The minimum absolute atomic E-state index is 0.0115. The second-order valence-corrected chi connectivity index (χ2v) is 11.4. The molecule has 0 radical (unpaired) electrons. The highest BCUT2D eigenvalue weighted by Crippen LogP contribution is 2.21. The topological polar surface area (TPSA) is 87.7 Å². The molecule has 3 rings (SSSR count). The zero-order valence-corrected chi connectivity index (χ0v) is 17.8. The van der Waals surface area contributed by atoms with Gasteiger partial charge in [0, 0.05) is 44.4 Å². The van der Waals surface area contributed by atoms with Crippen molar-refractivity contribution in [2.24, 2.45) is 0 Å². The van der Waals surface area contributed by atoms with Gasteiger partial charge in [-0.1, -0.05) is 13.0 Å². The van der Waals surface area contributed by atoms with Gasteiger partial charge in [0.15, 0.2) is 9.84 Å². The first-order valence-corrected chi connectivity index (χ1v) is 12.9. The third-order valence-corrected chi connectivity index (χ3v) is 8.54. The Morgan fingerprint density at radius 2 is 1.74 bits per heavy atom. The Morgan fingerprint density at radius 1 is 1.07 bits per heavy atom. The van der Waals surface area contributed by atoms with Crippen LogP contribution in [0.3, 0.4) is 0 Å². The van der Waals surface area contributed by atoms with E-state index in [1.165, 1.54) is 28.6 Å². The first-order chi connectivity index (χ1) is 12.7. The Hall–Kier alpha value is -1.33. The summed E-state index contributed by atoms with van der Waals surface area (Å²) in [6.45, 7) is 4.76. The number of piperazine rings is 1. The second-order valence-electron chi connectivity index (χ2n) is 6.51. The van der Waals surface area contributed by atoms with Crippen LogP contribution in [0.5, 0.6) is 0 Å². The number of rotatable bonds is 6. The molecule has 10 heteroatoms. The summed E-state index contributed by atoms with van der Waals surface area (Å²) in [4.78, 5) is 6.78. The second kappa shape index (κ2) is 7.96. The van der Waals surface area contributed by atoms with Crippen LogP contribution in [-0.4, -0.2) is 63.5 Å². The Bertz CT molecular complexity index is 1010. The average molecular weight is 430 g/mol. The predicted molar refractivity (Wildman–Crippen MR) is 105 cm³/mol. The van der Waals surface area contributed by atoms with Crippen LogP contribution in [0.2, 0.25) is 0 Å². The fourth-order valence-corrected chi connectivity index (χ4v) is 5.90. The third kappa shape index (κ3) is 4.75. The summed E-state index contributed by atoms with van der Waals surface area (Å²) in [7, 11) is -7.17. The number of hydrogen-bond acceptors (Lipinski definition) is 7. The van der Waals surface area contributed by atoms with Gasteiger partial charge in [-0.2, -0.15) is 4.31 Å². The monoisotopic (exact) mass is 429 g/mol. The van der Waals surface area contributed by atoms with Crippen molar-refractivity contribution in [3.05, 3.63) is 40.3 Å².